The second-order valence-corrected chi connectivity index (χ2v) is 4.91. The second-order valence-electron chi connectivity index (χ2n) is 3.41. The van der Waals surface area contributed by atoms with E-state index >= 15 is 0 Å². The van der Waals surface area contributed by atoms with Crippen LogP contribution in [0.2, 0.25) is 0 Å². The molecule has 7 nitrogen and oxygen atoms in total. The molecule has 0 aliphatic carbocycles. The van der Waals surface area contributed by atoms with Gasteiger partial charge in [0.1, 0.15) is 4.90 Å². The third-order valence-corrected chi connectivity index (χ3v) is 3.30. The van der Waals surface area contributed by atoms with Crippen molar-refractivity contribution >= 4 is 16.0 Å². The van der Waals surface area contributed by atoms with Crippen LogP contribution in [0.15, 0.2) is 4.90 Å². The fraction of sp³-hybridized carbons (Fsp3) is 0.500. The molecule has 0 bridgehead atoms. The number of carbonyl (C=O) groups is 1. The molecule has 1 rings (SSSR count). The molecule has 0 amide bonds. The quantitative estimate of drug-likeness (QED) is 0.752. The van der Waals surface area contributed by atoms with Gasteiger partial charge in [0.2, 0.25) is 10.0 Å². The molecule has 0 saturated carbocycles. The highest BCUT2D eigenvalue weighted by atomic mass is 32.2. The summed E-state index contributed by atoms with van der Waals surface area (Å²) in [6.07, 6.45) is -0.119. The Balaban J connectivity index is 3.12. The van der Waals surface area contributed by atoms with Crippen molar-refractivity contribution in [3.8, 4) is 0 Å². The van der Waals surface area contributed by atoms with E-state index in [4.69, 9.17) is 10.2 Å². The molecule has 0 radical (unpaired) electrons. The third kappa shape index (κ3) is 2.58. The monoisotopic (exact) mass is 247 g/mol. The van der Waals surface area contributed by atoms with Gasteiger partial charge in [0.05, 0.1) is 24.4 Å². The Morgan fingerprint density at radius 1 is 1.50 bits per heavy atom. The van der Waals surface area contributed by atoms with Gasteiger partial charge in [0.25, 0.3) is 0 Å². The molecule has 1 aromatic heterocycles. The molecule has 0 fully saturated rings. The van der Waals surface area contributed by atoms with Crippen LogP contribution in [-0.4, -0.2) is 29.3 Å². The maximum atomic E-state index is 11.2. The van der Waals surface area contributed by atoms with E-state index in [2.05, 4.69) is 5.10 Å². The lowest BCUT2D eigenvalue weighted by molar-refractivity contribution is -0.137. The van der Waals surface area contributed by atoms with Crippen LogP contribution in [0.4, 0.5) is 0 Å². The minimum absolute atomic E-state index is 0.0297. The highest BCUT2D eigenvalue weighted by molar-refractivity contribution is 7.89. The maximum Gasteiger partial charge on any atom is 0.305 e. The number of primary sulfonamides is 1. The van der Waals surface area contributed by atoms with E-state index in [9.17, 15) is 13.2 Å². The molecular weight excluding hydrogens is 234 g/mol. The van der Waals surface area contributed by atoms with E-state index in [0.717, 1.165) is 0 Å². The van der Waals surface area contributed by atoms with E-state index in [-0.39, 0.29) is 23.6 Å². The number of aryl methyl sites for hydroxylation is 2. The van der Waals surface area contributed by atoms with Gasteiger partial charge in [-0.25, -0.2) is 13.6 Å². The number of aliphatic carboxylic acids is 1. The van der Waals surface area contributed by atoms with Gasteiger partial charge in [0.15, 0.2) is 0 Å². The summed E-state index contributed by atoms with van der Waals surface area (Å²) < 4.78 is 23.8. The summed E-state index contributed by atoms with van der Waals surface area (Å²) in [5.41, 5.74) is 0.645. The average molecular weight is 247 g/mol. The number of carboxylic acids is 1. The first kappa shape index (κ1) is 12.7. The van der Waals surface area contributed by atoms with Crippen LogP contribution in [0.3, 0.4) is 0 Å². The molecule has 0 atom stereocenters. The lowest BCUT2D eigenvalue weighted by Crippen LogP contribution is -2.14. The highest BCUT2D eigenvalue weighted by Crippen LogP contribution is 2.17. The molecule has 0 aromatic carbocycles. The predicted octanol–water partition coefficient (Wildman–Crippen LogP) is -0.378. The molecule has 90 valence electrons. The van der Waals surface area contributed by atoms with Gasteiger partial charge >= 0.3 is 5.97 Å². The van der Waals surface area contributed by atoms with E-state index < -0.39 is 16.0 Å². The normalized spacial score (nSPS) is 11.7. The number of aromatic nitrogens is 2. The van der Waals surface area contributed by atoms with Gasteiger partial charge in [-0.1, -0.05) is 0 Å². The Hall–Kier alpha value is -1.41. The van der Waals surface area contributed by atoms with Crippen molar-refractivity contribution in [3.63, 3.8) is 0 Å². The number of nitrogens with two attached hydrogens (primary N) is 1. The Morgan fingerprint density at radius 3 is 2.44 bits per heavy atom. The minimum atomic E-state index is -3.81. The van der Waals surface area contributed by atoms with E-state index in [1.807, 2.05) is 0 Å². The van der Waals surface area contributed by atoms with Crippen LogP contribution >= 0.6 is 0 Å². The number of sulfonamides is 1. The van der Waals surface area contributed by atoms with E-state index in [1.54, 1.807) is 6.92 Å². The lowest BCUT2D eigenvalue weighted by atomic mass is 10.4. The second kappa shape index (κ2) is 4.22. The lowest BCUT2D eigenvalue weighted by Gasteiger charge is -2.02. The first-order valence-corrected chi connectivity index (χ1v) is 6.06. The van der Waals surface area contributed by atoms with Crippen molar-refractivity contribution < 1.29 is 18.3 Å². The van der Waals surface area contributed by atoms with Gasteiger partial charge in [0, 0.05) is 0 Å². The number of carboxylic acid groups (broad SMARTS) is 1. The van der Waals surface area contributed by atoms with Gasteiger partial charge in [-0.2, -0.15) is 5.10 Å². The van der Waals surface area contributed by atoms with Crippen LogP contribution < -0.4 is 5.14 Å². The van der Waals surface area contributed by atoms with Crippen molar-refractivity contribution in [2.45, 2.75) is 31.7 Å². The van der Waals surface area contributed by atoms with Crippen LogP contribution in [-0.2, 0) is 21.4 Å². The fourth-order valence-electron chi connectivity index (χ4n) is 1.51. The van der Waals surface area contributed by atoms with E-state index in [1.165, 1.54) is 11.6 Å². The zero-order valence-corrected chi connectivity index (χ0v) is 9.78. The number of hydrogen-bond donors (Lipinski definition) is 2. The van der Waals surface area contributed by atoms with Gasteiger partial charge < -0.3 is 5.11 Å². The molecule has 0 aliphatic heterocycles. The van der Waals surface area contributed by atoms with Crippen LogP contribution in [0.25, 0.3) is 0 Å². The standard InChI is InChI=1S/C8H13N3O4S/c1-5-8(16(9,14)15)6(2)11(10-5)4-3-7(12)13/h3-4H2,1-2H3,(H,12,13)(H2,9,14,15). The Morgan fingerprint density at radius 2 is 2.06 bits per heavy atom. The van der Waals surface area contributed by atoms with E-state index in [0.29, 0.717) is 5.69 Å². The first-order chi connectivity index (χ1) is 7.23. The largest absolute Gasteiger partial charge is 0.481 e. The molecular formula is C8H13N3O4S. The number of hydrogen-bond acceptors (Lipinski definition) is 4. The zero-order chi connectivity index (χ0) is 12.5. The Kier molecular flexibility index (Phi) is 3.34. The molecule has 1 aromatic rings. The summed E-state index contributed by atoms with van der Waals surface area (Å²) in [7, 11) is -3.81. The molecule has 16 heavy (non-hydrogen) atoms. The fourth-order valence-corrected chi connectivity index (χ4v) is 2.48. The predicted molar refractivity (Wildman–Crippen MR) is 55.3 cm³/mol. The molecule has 1 heterocycles. The van der Waals surface area contributed by atoms with Crippen molar-refractivity contribution in [2.75, 3.05) is 0 Å². The Bertz CT molecular complexity index is 518. The topological polar surface area (TPSA) is 115 Å². The molecule has 0 saturated heterocycles. The van der Waals surface area contributed by atoms with Crippen molar-refractivity contribution in [2.24, 2.45) is 5.14 Å². The summed E-state index contributed by atoms with van der Waals surface area (Å²) in [5.74, 6) is -0.968. The molecule has 0 aliphatic rings. The summed E-state index contributed by atoms with van der Waals surface area (Å²) in [6.45, 7) is 3.18. The van der Waals surface area contributed by atoms with Gasteiger partial charge in [-0.15, -0.1) is 0 Å². The van der Waals surface area contributed by atoms with Crippen LogP contribution in [0.1, 0.15) is 17.8 Å². The highest BCUT2D eigenvalue weighted by Gasteiger charge is 2.20. The van der Waals surface area contributed by atoms with Crippen molar-refractivity contribution in [1.29, 1.82) is 0 Å². The van der Waals surface area contributed by atoms with Crippen LogP contribution in [0.5, 0.6) is 0 Å². The third-order valence-electron chi connectivity index (χ3n) is 2.14. The zero-order valence-electron chi connectivity index (χ0n) is 8.97. The maximum absolute atomic E-state index is 11.2. The Labute approximate surface area is 92.9 Å². The smallest absolute Gasteiger partial charge is 0.305 e. The molecule has 8 heteroatoms. The van der Waals surface area contributed by atoms with Gasteiger partial charge in [-0.3, -0.25) is 9.48 Å². The SMILES string of the molecule is Cc1nn(CCC(=O)O)c(C)c1S(N)(=O)=O. The number of rotatable bonds is 4. The number of nitrogens with zero attached hydrogens (tertiary/aromatic N) is 2. The molecule has 0 unspecified atom stereocenters. The first-order valence-electron chi connectivity index (χ1n) is 4.52. The average Bonchev–Trinajstić information content (AvgIpc) is 2.36. The van der Waals surface area contributed by atoms with Crippen LogP contribution in [0, 0.1) is 13.8 Å². The summed E-state index contributed by atoms with van der Waals surface area (Å²) in [6, 6.07) is 0. The summed E-state index contributed by atoms with van der Waals surface area (Å²) in [4.78, 5) is 10.4. The van der Waals surface area contributed by atoms with Crippen molar-refractivity contribution in [1.82, 2.24) is 9.78 Å². The minimum Gasteiger partial charge on any atom is -0.481 e. The molecule has 3 N–H and O–H groups in total. The summed E-state index contributed by atoms with van der Waals surface area (Å²) in [5, 5.41) is 17.5. The van der Waals surface area contributed by atoms with Crippen molar-refractivity contribution in [3.05, 3.63) is 11.4 Å². The van der Waals surface area contributed by atoms with Gasteiger partial charge in [-0.05, 0) is 13.8 Å². The summed E-state index contributed by atoms with van der Waals surface area (Å²) >= 11 is 0. The molecule has 0 spiro atoms.